The summed E-state index contributed by atoms with van der Waals surface area (Å²) >= 11 is 0. The molecule has 5 nitrogen and oxygen atoms in total. The molecule has 2 aromatic carbocycles. The van der Waals surface area contributed by atoms with Gasteiger partial charge in [0.1, 0.15) is 6.04 Å². The first-order valence-electron chi connectivity index (χ1n) is 10.4. The second kappa shape index (κ2) is 9.38. The van der Waals surface area contributed by atoms with Crippen molar-refractivity contribution in [2.24, 2.45) is 5.73 Å². The number of terminal acetylenes is 1. The Morgan fingerprint density at radius 2 is 1.76 bits per heavy atom. The summed E-state index contributed by atoms with van der Waals surface area (Å²) < 4.78 is 40.2. The lowest BCUT2D eigenvalue weighted by atomic mass is 9.63. The van der Waals surface area contributed by atoms with Crippen LogP contribution in [0.5, 0.6) is 0 Å². The first-order valence-corrected chi connectivity index (χ1v) is 10.4. The average molecular weight is 453 g/mol. The summed E-state index contributed by atoms with van der Waals surface area (Å²) in [5, 5.41) is 9.37. The van der Waals surface area contributed by atoms with Crippen molar-refractivity contribution in [3.05, 3.63) is 65.2 Å². The van der Waals surface area contributed by atoms with Crippen molar-refractivity contribution in [3.8, 4) is 18.4 Å². The molecule has 2 aromatic rings. The smallest absolute Gasteiger partial charge is 0.368 e. The highest BCUT2D eigenvalue weighted by molar-refractivity contribution is 6.09. The molecule has 170 valence electrons. The van der Waals surface area contributed by atoms with E-state index >= 15 is 0 Å². The summed E-state index contributed by atoms with van der Waals surface area (Å²) in [6.07, 6.45) is 3.91. The Morgan fingerprint density at radius 1 is 1.09 bits per heavy atom. The summed E-state index contributed by atoms with van der Waals surface area (Å²) in [5.41, 5.74) is 4.63. The third-order valence-corrected chi connectivity index (χ3v) is 6.16. The second-order valence-corrected chi connectivity index (χ2v) is 8.08. The number of nitrogens with zero attached hydrogens (tertiary/aromatic N) is 2. The van der Waals surface area contributed by atoms with E-state index in [9.17, 15) is 28.0 Å². The molecule has 1 aliphatic carbocycles. The van der Waals surface area contributed by atoms with Crippen LogP contribution in [0.3, 0.4) is 0 Å². The Bertz CT molecular complexity index is 1140. The Hall–Kier alpha value is -3.78. The van der Waals surface area contributed by atoms with Gasteiger partial charge in [-0.05, 0) is 54.7 Å². The number of benzene rings is 2. The van der Waals surface area contributed by atoms with Gasteiger partial charge in [-0.25, -0.2) is 0 Å². The quantitative estimate of drug-likeness (QED) is 0.685. The highest BCUT2D eigenvalue weighted by Crippen LogP contribution is 2.45. The number of anilines is 1. The van der Waals surface area contributed by atoms with E-state index in [1.165, 1.54) is 6.07 Å². The van der Waals surface area contributed by atoms with Gasteiger partial charge < -0.3 is 5.73 Å². The van der Waals surface area contributed by atoms with Crippen molar-refractivity contribution in [1.82, 2.24) is 0 Å². The molecule has 1 saturated carbocycles. The molecule has 8 heteroatoms. The number of hydrogen-bond donors (Lipinski definition) is 1. The number of halogens is 3. The minimum Gasteiger partial charge on any atom is -0.368 e. The first-order chi connectivity index (χ1) is 15.6. The average Bonchev–Trinajstić information content (AvgIpc) is 2.81. The Morgan fingerprint density at radius 3 is 2.33 bits per heavy atom. The Balaban J connectivity index is 2.27. The number of nitriles is 1. The molecule has 33 heavy (non-hydrogen) atoms. The molecule has 1 aliphatic rings. The van der Waals surface area contributed by atoms with E-state index in [0.717, 1.165) is 29.5 Å². The van der Waals surface area contributed by atoms with Crippen molar-refractivity contribution < 1.29 is 22.8 Å². The lowest BCUT2D eigenvalue weighted by Crippen LogP contribution is -2.60. The van der Waals surface area contributed by atoms with Gasteiger partial charge in [-0.2, -0.15) is 18.4 Å². The maximum atomic E-state index is 13.4. The van der Waals surface area contributed by atoms with Gasteiger partial charge in [0.05, 0.1) is 17.2 Å². The van der Waals surface area contributed by atoms with Gasteiger partial charge >= 0.3 is 12.1 Å². The molecule has 1 atom stereocenters. The van der Waals surface area contributed by atoms with Crippen molar-refractivity contribution >= 4 is 17.5 Å². The molecule has 0 aromatic heterocycles. The van der Waals surface area contributed by atoms with Crippen molar-refractivity contribution in [3.63, 3.8) is 0 Å². The number of carbonyl (C=O) groups excluding carboxylic acids is 2. The van der Waals surface area contributed by atoms with Crippen LogP contribution in [-0.2, 0) is 21.2 Å². The zero-order chi connectivity index (χ0) is 24.2. The zero-order valence-corrected chi connectivity index (χ0v) is 17.7. The van der Waals surface area contributed by atoms with Gasteiger partial charge in [-0.15, -0.1) is 6.42 Å². The van der Waals surface area contributed by atoms with Crippen LogP contribution < -0.4 is 10.6 Å². The van der Waals surface area contributed by atoms with Gasteiger partial charge in [0, 0.05) is 11.1 Å². The maximum Gasteiger partial charge on any atom is 0.416 e. The van der Waals surface area contributed by atoms with Crippen molar-refractivity contribution in [2.45, 2.75) is 49.7 Å². The Kier molecular flexibility index (Phi) is 6.78. The van der Waals surface area contributed by atoms with Crippen LogP contribution in [0.4, 0.5) is 18.9 Å². The fourth-order valence-electron chi connectivity index (χ4n) is 4.73. The predicted octanol–water partition coefficient (Wildman–Crippen LogP) is 4.30. The monoisotopic (exact) mass is 453 g/mol. The normalized spacial score (nSPS) is 16.2. The minimum atomic E-state index is -4.66. The fraction of sp³-hybridized carbons (Fsp3) is 0.320. The molecule has 0 saturated heterocycles. The molecule has 2 amide bonds. The molecular weight excluding hydrogens is 431 g/mol. The highest BCUT2D eigenvalue weighted by Gasteiger charge is 2.49. The number of rotatable bonds is 5. The number of alkyl halides is 3. The number of hydrogen-bond acceptors (Lipinski definition) is 3. The number of primary amides is 1. The lowest BCUT2D eigenvalue weighted by molar-refractivity contribution is -0.137. The SMILES string of the molecule is C#CC(=O)N(c1cccc(C(F)(F)F)c1)C(C(N)=O)C1(c2cccc(C#N)c2)CCCCC1. The van der Waals surface area contributed by atoms with E-state index in [2.05, 4.69) is 6.07 Å². The third-order valence-electron chi connectivity index (χ3n) is 6.16. The van der Waals surface area contributed by atoms with Crippen LogP contribution in [-0.4, -0.2) is 17.9 Å². The summed E-state index contributed by atoms with van der Waals surface area (Å²) in [5.74, 6) is 0.0717. The second-order valence-electron chi connectivity index (χ2n) is 8.08. The number of amides is 2. The molecule has 2 N–H and O–H groups in total. The summed E-state index contributed by atoms with van der Waals surface area (Å²) in [6.45, 7) is 0. The van der Waals surface area contributed by atoms with Gasteiger partial charge in [0.25, 0.3) is 0 Å². The van der Waals surface area contributed by atoms with E-state index in [1.807, 2.05) is 5.92 Å². The minimum absolute atomic E-state index is 0.169. The van der Waals surface area contributed by atoms with E-state index in [4.69, 9.17) is 12.2 Å². The number of nitrogens with two attached hydrogens (primary N) is 1. The van der Waals surface area contributed by atoms with E-state index in [0.29, 0.717) is 36.8 Å². The third kappa shape index (κ3) is 4.70. The molecule has 1 fully saturated rings. The van der Waals surface area contributed by atoms with Crippen LogP contribution in [0.2, 0.25) is 0 Å². The fourth-order valence-corrected chi connectivity index (χ4v) is 4.73. The molecule has 0 spiro atoms. The lowest BCUT2D eigenvalue weighted by Gasteiger charge is -2.46. The standard InChI is InChI=1S/C25H22F3N3O2/c1-2-21(32)31(20-11-7-10-19(15-20)25(26,27)28)22(23(30)33)24(12-4-3-5-13-24)18-9-6-8-17(14-18)16-29/h1,6-11,14-15,22H,3-5,12-13H2,(H2,30,33). The molecule has 0 radical (unpaired) electrons. The van der Waals surface area contributed by atoms with Crippen LogP contribution in [0.1, 0.15) is 48.8 Å². The Labute approximate surface area is 190 Å². The molecule has 3 rings (SSSR count). The summed E-state index contributed by atoms with van der Waals surface area (Å²) in [6, 6.07) is 11.5. The van der Waals surface area contributed by atoms with E-state index in [-0.39, 0.29) is 5.69 Å². The topological polar surface area (TPSA) is 87.2 Å². The highest BCUT2D eigenvalue weighted by atomic mass is 19.4. The molecule has 0 bridgehead atoms. The van der Waals surface area contributed by atoms with Gasteiger partial charge in [-0.3, -0.25) is 14.5 Å². The maximum absolute atomic E-state index is 13.4. The summed E-state index contributed by atoms with van der Waals surface area (Å²) in [7, 11) is 0. The van der Waals surface area contributed by atoms with Crippen molar-refractivity contribution in [1.29, 1.82) is 5.26 Å². The number of carbonyl (C=O) groups is 2. The van der Waals surface area contributed by atoms with Crippen LogP contribution in [0.15, 0.2) is 48.5 Å². The molecule has 0 aliphatic heterocycles. The van der Waals surface area contributed by atoms with Crippen LogP contribution in [0.25, 0.3) is 0 Å². The van der Waals surface area contributed by atoms with Gasteiger partial charge in [0.15, 0.2) is 0 Å². The predicted molar refractivity (Wildman–Crippen MR) is 117 cm³/mol. The summed E-state index contributed by atoms with van der Waals surface area (Å²) in [4.78, 5) is 26.7. The molecule has 0 heterocycles. The van der Waals surface area contributed by atoms with Crippen LogP contribution >= 0.6 is 0 Å². The van der Waals surface area contributed by atoms with Gasteiger partial charge in [0.2, 0.25) is 5.91 Å². The van der Waals surface area contributed by atoms with Gasteiger partial charge in [-0.1, -0.05) is 37.5 Å². The van der Waals surface area contributed by atoms with Crippen molar-refractivity contribution in [2.75, 3.05) is 4.90 Å². The van der Waals surface area contributed by atoms with Crippen LogP contribution in [0, 0.1) is 23.7 Å². The zero-order valence-electron chi connectivity index (χ0n) is 17.7. The van der Waals surface area contributed by atoms with E-state index in [1.54, 1.807) is 24.3 Å². The molecule has 1 unspecified atom stereocenters. The van der Waals surface area contributed by atoms with E-state index < -0.39 is 35.0 Å². The largest absolute Gasteiger partial charge is 0.416 e. The molecular formula is C25H22F3N3O2. The first kappa shape index (κ1) is 23.9.